The van der Waals surface area contributed by atoms with Gasteiger partial charge < -0.3 is 0 Å². The molecular weight excluding hydrogens is 172 g/mol. The fourth-order valence-corrected chi connectivity index (χ4v) is 1.56. The van der Waals surface area contributed by atoms with Crippen molar-refractivity contribution in [2.45, 2.75) is 6.92 Å². The van der Waals surface area contributed by atoms with Crippen LogP contribution in [0.25, 0.3) is 11.3 Å². The molecule has 0 spiro atoms. The van der Waals surface area contributed by atoms with Gasteiger partial charge in [-0.15, -0.1) is 0 Å². The van der Waals surface area contributed by atoms with E-state index in [0.29, 0.717) is 0 Å². The Hall–Kier alpha value is -1.70. The van der Waals surface area contributed by atoms with Crippen LogP contribution in [0.2, 0.25) is 0 Å². The average molecular weight is 185 g/mol. The first-order chi connectivity index (χ1) is 6.79. The highest BCUT2D eigenvalue weighted by atomic mass is 14.9. The molecule has 0 radical (unpaired) electrons. The third-order valence-electron chi connectivity index (χ3n) is 2.35. The van der Waals surface area contributed by atoms with Crippen molar-refractivity contribution in [3.63, 3.8) is 0 Å². The van der Waals surface area contributed by atoms with Gasteiger partial charge in [0.15, 0.2) is 6.20 Å². The molecule has 2 heteroatoms. The first kappa shape index (κ1) is 8.88. The molecule has 2 nitrogen and oxygen atoms in total. The first-order valence-corrected chi connectivity index (χ1v) is 4.64. The Morgan fingerprint density at radius 1 is 1.21 bits per heavy atom. The standard InChI is InChI=1S/C12H13N2/c1-10-9-13-7-6-11(10)12-5-3-4-8-14(12)2/h3-9H,1-2H3/q+1. The van der Waals surface area contributed by atoms with Gasteiger partial charge in [-0.1, -0.05) is 0 Å². The van der Waals surface area contributed by atoms with Crippen LogP contribution in [-0.4, -0.2) is 4.98 Å². The summed E-state index contributed by atoms with van der Waals surface area (Å²) < 4.78 is 2.11. The summed E-state index contributed by atoms with van der Waals surface area (Å²) in [6.07, 6.45) is 5.77. The summed E-state index contributed by atoms with van der Waals surface area (Å²) in [4.78, 5) is 4.09. The van der Waals surface area contributed by atoms with E-state index in [9.17, 15) is 0 Å². The van der Waals surface area contributed by atoms with Crippen molar-refractivity contribution in [1.82, 2.24) is 4.98 Å². The number of hydrogen-bond acceptors (Lipinski definition) is 1. The number of aromatic nitrogens is 2. The Morgan fingerprint density at radius 2 is 2.07 bits per heavy atom. The van der Waals surface area contributed by atoms with E-state index in [1.165, 1.54) is 16.8 Å². The summed E-state index contributed by atoms with van der Waals surface area (Å²) in [6, 6.07) is 8.24. The predicted molar refractivity (Wildman–Crippen MR) is 55.6 cm³/mol. The van der Waals surface area contributed by atoms with Crippen LogP contribution in [-0.2, 0) is 7.05 Å². The molecule has 0 aliphatic rings. The van der Waals surface area contributed by atoms with Crippen molar-refractivity contribution in [3.8, 4) is 11.3 Å². The third kappa shape index (κ3) is 1.51. The maximum absolute atomic E-state index is 4.09. The fourth-order valence-electron chi connectivity index (χ4n) is 1.56. The third-order valence-corrected chi connectivity index (χ3v) is 2.35. The van der Waals surface area contributed by atoms with Crippen LogP contribution in [0.15, 0.2) is 42.9 Å². The number of hydrogen-bond donors (Lipinski definition) is 0. The van der Waals surface area contributed by atoms with Crippen LogP contribution in [0.4, 0.5) is 0 Å². The normalized spacial score (nSPS) is 10.1. The SMILES string of the molecule is Cc1cnccc1-c1cccc[n+]1C. The van der Waals surface area contributed by atoms with Crippen molar-refractivity contribution in [2.75, 3.05) is 0 Å². The number of nitrogens with zero attached hydrogens (tertiary/aromatic N) is 2. The van der Waals surface area contributed by atoms with E-state index >= 15 is 0 Å². The number of pyridine rings is 2. The highest BCUT2D eigenvalue weighted by molar-refractivity contribution is 5.59. The van der Waals surface area contributed by atoms with Gasteiger partial charge in [0.05, 0.1) is 5.56 Å². The quantitative estimate of drug-likeness (QED) is 0.620. The second-order valence-corrected chi connectivity index (χ2v) is 3.39. The monoisotopic (exact) mass is 185 g/mol. The van der Waals surface area contributed by atoms with Gasteiger partial charge in [-0.2, -0.15) is 0 Å². The second-order valence-electron chi connectivity index (χ2n) is 3.39. The Bertz CT molecular complexity index is 406. The lowest BCUT2D eigenvalue weighted by molar-refractivity contribution is -0.660. The Morgan fingerprint density at radius 3 is 2.79 bits per heavy atom. The van der Waals surface area contributed by atoms with Gasteiger partial charge in [0.2, 0.25) is 5.69 Å². The van der Waals surface area contributed by atoms with Gasteiger partial charge in [0.25, 0.3) is 0 Å². The summed E-state index contributed by atoms with van der Waals surface area (Å²) in [6.45, 7) is 2.08. The van der Waals surface area contributed by atoms with E-state index in [0.717, 1.165) is 0 Å². The zero-order valence-electron chi connectivity index (χ0n) is 8.44. The molecule has 0 bridgehead atoms. The average Bonchev–Trinajstić information content (AvgIpc) is 2.20. The second kappa shape index (κ2) is 3.58. The first-order valence-electron chi connectivity index (χ1n) is 4.64. The molecule has 2 heterocycles. The zero-order valence-corrected chi connectivity index (χ0v) is 8.44. The Kier molecular flexibility index (Phi) is 2.27. The molecule has 0 unspecified atom stereocenters. The minimum Gasteiger partial charge on any atom is -0.264 e. The zero-order chi connectivity index (χ0) is 9.97. The van der Waals surface area contributed by atoms with Gasteiger partial charge in [-0.25, -0.2) is 4.57 Å². The predicted octanol–water partition coefficient (Wildman–Crippen LogP) is 1.88. The summed E-state index contributed by atoms with van der Waals surface area (Å²) in [7, 11) is 2.05. The van der Waals surface area contributed by atoms with Crippen molar-refractivity contribution < 1.29 is 4.57 Å². The van der Waals surface area contributed by atoms with Crippen LogP contribution < -0.4 is 4.57 Å². The molecule has 2 aromatic heterocycles. The van der Waals surface area contributed by atoms with E-state index in [4.69, 9.17) is 0 Å². The molecule has 70 valence electrons. The van der Waals surface area contributed by atoms with E-state index in [2.05, 4.69) is 41.9 Å². The molecule has 0 aliphatic heterocycles. The lowest BCUT2D eigenvalue weighted by Gasteiger charge is -2.02. The molecule has 0 aromatic carbocycles. The van der Waals surface area contributed by atoms with Crippen LogP contribution in [0, 0.1) is 6.92 Å². The molecule has 0 fully saturated rings. The van der Waals surface area contributed by atoms with E-state index < -0.39 is 0 Å². The molecule has 14 heavy (non-hydrogen) atoms. The summed E-state index contributed by atoms with van der Waals surface area (Å²) in [5.41, 5.74) is 3.66. The highest BCUT2D eigenvalue weighted by Gasteiger charge is 2.09. The minimum absolute atomic E-state index is 1.20. The fraction of sp³-hybridized carbons (Fsp3) is 0.167. The number of aryl methyl sites for hydroxylation is 2. The molecule has 0 atom stereocenters. The van der Waals surface area contributed by atoms with Crippen LogP contribution >= 0.6 is 0 Å². The molecule has 0 saturated heterocycles. The molecule has 0 saturated carbocycles. The molecule has 0 amide bonds. The van der Waals surface area contributed by atoms with E-state index in [1.54, 1.807) is 0 Å². The van der Waals surface area contributed by atoms with E-state index in [-0.39, 0.29) is 0 Å². The lowest BCUT2D eigenvalue weighted by atomic mass is 10.1. The van der Waals surface area contributed by atoms with Gasteiger partial charge >= 0.3 is 0 Å². The Balaban J connectivity index is 2.61. The number of rotatable bonds is 1. The smallest absolute Gasteiger partial charge is 0.212 e. The summed E-state index contributed by atoms with van der Waals surface area (Å²) in [5, 5.41) is 0. The van der Waals surface area contributed by atoms with Crippen LogP contribution in [0.3, 0.4) is 0 Å². The van der Waals surface area contributed by atoms with Crippen molar-refractivity contribution in [2.24, 2.45) is 7.05 Å². The molecular formula is C12H13N2+. The minimum atomic E-state index is 1.20. The highest BCUT2D eigenvalue weighted by Crippen LogP contribution is 2.17. The van der Waals surface area contributed by atoms with E-state index in [1.807, 2.05) is 24.5 Å². The van der Waals surface area contributed by atoms with Crippen molar-refractivity contribution in [3.05, 3.63) is 48.4 Å². The Labute approximate surface area is 83.9 Å². The van der Waals surface area contributed by atoms with Crippen LogP contribution in [0.5, 0.6) is 0 Å². The van der Waals surface area contributed by atoms with Crippen molar-refractivity contribution >= 4 is 0 Å². The maximum atomic E-state index is 4.09. The molecule has 0 aliphatic carbocycles. The summed E-state index contributed by atoms with van der Waals surface area (Å²) >= 11 is 0. The van der Waals surface area contributed by atoms with Gasteiger partial charge in [0, 0.05) is 24.5 Å². The van der Waals surface area contributed by atoms with Crippen molar-refractivity contribution in [1.29, 1.82) is 0 Å². The molecule has 0 N–H and O–H groups in total. The van der Waals surface area contributed by atoms with Gasteiger partial charge in [-0.3, -0.25) is 4.98 Å². The molecule has 2 rings (SSSR count). The van der Waals surface area contributed by atoms with Gasteiger partial charge in [0.1, 0.15) is 7.05 Å². The topological polar surface area (TPSA) is 16.8 Å². The van der Waals surface area contributed by atoms with Gasteiger partial charge in [-0.05, 0) is 24.6 Å². The maximum Gasteiger partial charge on any atom is 0.212 e. The molecule has 2 aromatic rings. The van der Waals surface area contributed by atoms with Crippen LogP contribution in [0.1, 0.15) is 5.56 Å². The largest absolute Gasteiger partial charge is 0.264 e. The summed E-state index contributed by atoms with van der Waals surface area (Å²) in [5.74, 6) is 0. The lowest BCUT2D eigenvalue weighted by Crippen LogP contribution is -2.30.